The Morgan fingerprint density at radius 2 is 1.64 bits per heavy atom. The van der Waals surface area contributed by atoms with Crippen LogP contribution < -0.4 is 9.47 Å². The van der Waals surface area contributed by atoms with E-state index < -0.39 is 9.84 Å². The summed E-state index contributed by atoms with van der Waals surface area (Å²) >= 11 is 0. The van der Waals surface area contributed by atoms with E-state index in [1.54, 1.807) is 24.1 Å². The minimum Gasteiger partial charge on any atom is -0.497 e. The maximum Gasteiger partial charge on any atom is 0.254 e. The molecule has 0 bridgehead atoms. The van der Waals surface area contributed by atoms with E-state index in [0.717, 1.165) is 29.9 Å². The zero-order valence-electron chi connectivity index (χ0n) is 19.7. The predicted octanol–water partition coefficient (Wildman–Crippen LogP) is 4.87. The highest BCUT2D eigenvalue weighted by Crippen LogP contribution is 2.24. The van der Waals surface area contributed by atoms with E-state index in [1.165, 1.54) is 19.3 Å². The second kappa shape index (κ2) is 12.1. The van der Waals surface area contributed by atoms with Crippen molar-refractivity contribution in [1.29, 1.82) is 0 Å². The molecule has 1 saturated heterocycles. The summed E-state index contributed by atoms with van der Waals surface area (Å²) in [6, 6.07) is 14.3. The van der Waals surface area contributed by atoms with E-state index in [0.29, 0.717) is 25.1 Å². The Morgan fingerprint density at radius 1 is 0.970 bits per heavy atom. The molecule has 180 valence electrons. The molecule has 6 nitrogen and oxygen atoms in total. The van der Waals surface area contributed by atoms with Crippen molar-refractivity contribution in [3.63, 3.8) is 0 Å². The Labute approximate surface area is 197 Å². The Kier molecular flexibility index (Phi) is 9.18. The number of carbonyl (C=O) groups is 1. The predicted molar refractivity (Wildman–Crippen MR) is 131 cm³/mol. The fourth-order valence-corrected chi connectivity index (χ4v) is 5.80. The number of sulfone groups is 1. The van der Waals surface area contributed by atoms with E-state index in [-0.39, 0.29) is 23.5 Å². The number of amides is 1. The van der Waals surface area contributed by atoms with Crippen LogP contribution in [0.5, 0.6) is 11.5 Å². The van der Waals surface area contributed by atoms with Crippen LogP contribution in [0, 0.1) is 0 Å². The fourth-order valence-electron chi connectivity index (χ4n) is 4.07. The van der Waals surface area contributed by atoms with Crippen LogP contribution in [0.2, 0.25) is 0 Å². The van der Waals surface area contributed by atoms with Gasteiger partial charge in [0.1, 0.15) is 11.5 Å². The molecule has 1 aliphatic heterocycles. The summed E-state index contributed by atoms with van der Waals surface area (Å²) in [6.45, 7) is 3.21. The van der Waals surface area contributed by atoms with Crippen molar-refractivity contribution in [3.8, 4) is 11.5 Å². The Hall–Kier alpha value is -2.54. The van der Waals surface area contributed by atoms with Crippen LogP contribution in [-0.2, 0) is 16.4 Å². The van der Waals surface area contributed by atoms with E-state index in [2.05, 4.69) is 6.92 Å². The minimum absolute atomic E-state index is 0.00806. The van der Waals surface area contributed by atoms with Crippen molar-refractivity contribution in [2.45, 2.75) is 58.0 Å². The lowest BCUT2D eigenvalue weighted by Crippen LogP contribution is -2.40. The van der Waals surface area contributed by atoms with Gasteiger partial charge in [-0.25, -0.2) is 8.42 Å². The number of nitrogens with zero attached hydrogens (tertiary/aromatic N) is 1. The van der Waals surface area contributed by atoms with Crippen molar-refractivity contribution < 1.29 is 22.7 Å². The molecule has 1 fully saturated rings. The molecule has 2 aromatic rings. The van der Waals surface area contributed by atoms with Gasteiger partial charge in [-0.2, -0.15) is 0 Å². The molecule has 0 N–H and O–H groups in total. The number of ether oxygens (including phenoxy) is 2. The number of rotatable bonds is 12. The van der Waals surface area contributed by atoms with Gasteiger partial charge in [0.25, 0.3) is 5.91 Å². The van der Waals surface area contributed by atoms with Crippen molar-refractivity contribution in [2.75, 3.05) is 25.2 Å². The van der Waals surface area contributed by atoms with Gasteiger partial charge in [0, 0.05) is 18.2 Å². The van der Waals surface area contributed by atoms with Crippen molar-refractivity contribution in [3.05, 3.63) is 59.7 Å². The lowest BCUT2D eigenvalue weighted by atomic mass is 10.1. The molecule has 33 heavy (non-hydrogen) atoms. The minimum atomic E-state index is -3.12. The van der Waals surface area contributed by atoms with E-state index >= 15 is 0 Å². The fraction of sp³-hybridized carbons (Fsp3) is 0.500. The summed E-state index contributed by atoms with van der Waals surface area (Å²) in [5.41, 5.74) is 1.46. The summed E-state index contributed by atoms with van der Waals surface area (Å²) in [5.74, 6) is 1.44. The van der Waals surface area contributed by atoms with Crippen LogP contribution in [0.1, 0.15) is 61.4 Å². The quantitative estimate of drug-likeness (QED) is 0.411. The van der Waals surface area contributed by atoms with Crippen LogP contribution in [0.3, 0.4) is 0 Å². The lowest BCUT2D eigenvalue weighted by Gasteiger charge is -2.28. The van der Waals surface area contributed by atoms with Crippen molar-refractivity contribution >= 4 is 15.7 Å². The molecule has 1 aliphatic rings. The van der Waals surface area contributed by atoms with E-state index in [4.69, 9.17) is 9.47 Å². The second-order valence-corrected chi connectivity index (χ2v) is 10.9. The van der Waals surface area contributed by atoms with Gasteiger partial charge in [-0.05, 0) is 54.8 Å². The van der Waals surface area contributed by atoms with Gasteiger partial charge in [0.05, 0.1) is 25.2 Å². The van der Waals surface area contributed by atoms with Gasteiger partial charge in [0.2, 0.25) is 0 Å². The van der Waals surface area contributed by atoms with Crippen LogP contribution in [0.25, 0.3) is 0 Å². The molecule has 2 aromatic carbocycles. The topological polar surface area (TPSA) is 72.9 Å². The highest BCUT2D eigenvalue weighted by molar-refractivity contribution is 7.91. The average molecular weight is 474 g/mol. The maximum absolute atomic E-state index is 13.4. The Morgan fingerprint density at radius 3 is 2.24 bits per heavy atom. The third-order valence-corrected chi connectivity index (χ3v) is 7.79. The first-order chi connectivity index (χ1) is 15.9. The average Bonchev–Trinajstić information content (AvgIpc) is 3.19. The van der Waals surface area contributed by atoms with Gasteiger partial charge in [-0.3, -0.25) is 4.79 Å². The van der Waals surface area contributed by atoms with Gasteiger partial charge in [-0.15, -0.1) is 0 Å². The monoisotopic (exact) mass is 473 g/mol. The molecule has 0 saturated carbocycles. The second-order valence-electron chi connectivity index (χ2n) is 8.63. The summed E-state index contributed by atoms with van der Waals surface area (Å²) in [5, 5.41) is 0. The molecule has 0 aromatic heterocycles. The summed E-state index contributed by atoms with van der Waals surface area (Å²) in [6.07, 6.45) is 6.35. The molecule has 3 rings (SSSR count). The Balaban J connectivity index is 1.67. The molecule has 0 aliphatic carbocycles. The zero-order chi connectivity index (χ0) is 23.7. The van der Waals surface area contributed by atoms with Crippen LogP contribution in [-0.4, -0.2) is 50.5 Å². The van der Waals surface area contributed by atoms with Gasteiger partial charge in [0.15, 0.2) is 9.84 Å². The number of benzene rings is 2. The maximum atomic E-state index is 13.4. The number of unbranched alkanes of at least 4 members (excludes halogenated alkanes) is 4. The highest BCUT2D eigenvalue weighted by atomic mass is 32.2. The van der Waals surface area contributed by atoms with Gasteiger partial charge in [-0.1, -0.05) is 44.7 Å². The standard InChI is InChI=1S/C26H35NO5S/c1-3-4-5-6-7-17-32-25-14-10-22(11-15-25)26(28)27(23-16-18-33(29,30)20-23)19-21-8-12-24(31-2)13-9-21/h8-15,23H,3-7,16-20H2,1-2H3. The van der Waals surface area contributed by atoms with Crippen LogP contribution >= 0.6 is 0 Å². The first kappa shape index (κ1) is 25.1. The van der Waals surface area contributed by atoms with E-state index in [9.17, 15) is 13.2 Å². The number of methoxy groups -OCH3 is 1. The van der Waals surface area contributed by atoms with Crippen LogP contribution in [0.15, 0.2) is 48.5 Å². The largest absolute Gasteiger partial charge is 0.497 e. The SMILES string of the molecule is CCCCCCCOc1ccc(C(=O)N(Cc2ccc(OC)cc2)C2CCS(=O)(=O)C2)cc1. The summed E-state index contributed by atoms with van der Waals surface area (Å²) < 4.78 is 35.2. The van der Waals surface area contributed by atoms with Gasteiger partial charge < -0.3 is 14.4 Å². The highest BCUT2D eigenvalue weighted by Gasteiger charge is 2.35. The van der Waals surface area contributed by atoms with E-state index in [1.807, 2.05) is 36.4 Å². The summed E-state index contributed by atoms with van der Waals surface area (Å²) in [7, 11) is -1.51. The third-order valence-electron chi connectivity index (χ3n) is 6.04. The molecule has 0 radical (unpaired) electrons. The molecule has 7 heteroatoms. The smallest absolute Gasteiger partial charge is 0.254 e. The molecule has 1 heterocycles. The lowest BCUT2D eigenvalue weighted by molar-refractivity contribution is 0.0681. The third kappa shape index (κ3) is 7.49. The first-order valence-corrected chi connectivity index (χ1v) is 13.6. The summed E-state index contributed by atoms with van der Waals surface area (Å²) in [4.78, 5) is 15.1. The molecular formula is C26H35NO5S. The molecule has 1 unspecified atom stereocenters. The number of hydrogen-bond acceptors (Lipinski definition) is 5. The van der Waals surface area contributed by atoms with Gasteiger partial charge >= 0.3 is 0 Å². The molecule has 1 amide bonds. The number of carbonyl (C=O) groups excluding carboxylic acids is 1. The zero-order valence-corrected chi connectivity index (χ0v) is 20.5. The van der Waals surface area contributed by atoms with Crippen molar-refractivity contribution in [2.24, 2.45) is 0 Å². The molecule has 1 atom stereocenters. The molecule has 0 spiro atoms. The normalized spacial score (nSPS) is 17.0. The van der Waals surface area contributed by atoms with Crippen molar-refractivity contribution in [1.82, 2.24) is 4.90 Å². The Bertz CT molecular complexity index is 986. The first-order valence-electron chi connectivity index (χ1n) is 11.8. The van der Waals surface area contributed by atoms with Crippen LogP contribution in [0.4, 0.5) is 0 Å². The molecular weight excluding hydrogens is 438 g/mol. The number of hydrogen-bond donors (Lipinski definition) is 0.